The zero-order valence-corrected chi connectivity index (χ0v) is 19.8. The molecule has 0 aliphatic heterocycles. The lowest BCUT2D eigenvalue weighted by Crippen LogP contribution is -2.27. The van der Waals surface area contributed by atoms with E-state index in [9.17, 15) is 27.6 Å². The van der Waals surface area contributed by atoms with Crippen molar-refractivity contribution < 1.29 is 32.3 Å². The summed E-state index contributed by atoms with van der Waals surface area (Å²) >= 11 is 0. The van der Waals surface area contributed by atoms with Crippen LogP contribution in [0.15, 0.2) is 72.8 Å². The first kappa shape index (κ1) is 27.2. The summed E-state index contributed by atoms with van der Waals surface area (Å²) in [5.74, 6) is -1.30. The van der Waals surface area contributed by atoms with E-state index >= 15 is 0 Å². The molecule has 3 amide bonds. The first-order chi connectivity index (χ1) is 17.7. The normalized spacial score (nSPS) is 10.9. The second-order valence-electron chi connectivity index (χ2n) is 7.84. The Labute approximate surface area is 211 Å². The van der Waals surface area contributed by atoms with E-state index in [1.807, 2.05) is 0 Å². The minimum Gasteiger partial charge on any atom is -0.383 e. The van der Waals surface area contributed by atoms with Gasteiger partial charge in [-0.25, -0.2) is 0 Å². The Morgan fingerprint density at radius 2 is 1.38 bits per heavy atom. The van der Waals surface area contributed by atoms with E-state index < -0.39 is 23.6 Å². The van der Waals surface area contributed by atoms with E-state index in [-0.39, 0.29) is 23.7 Å². The van der Waals surface area contributed by atoms with E-state index in [2.05, 4.69) is 21.3 Å². The molecule has 0 aromatic heterocycles. The molecule has 0 saturated heterocycles. The van der Waals surface area contributed by atoms with Crippen molar-refractivity contribution in [2.45, 2.75) is 6.18 Å². The molecule has 0 saturated carbocycles. The summed E-state index contributed by atoms with van der Waals surface area (Å²) in [4.78, 5) is 37.1. The van der Waals surface area contributed by atoms with Crippen LogP contribution >= 0.6 is 0 Å². The lowest BCUT2D eigenvalue weighted by Gasteiger charge is -2.11. The molecular formula is C26H25F3N4O4. The summed E-state index contributed by atoms with van der Waals surface area (Å²) in [7, 11) is 1.53. The number of carbonyl (C=O) groups is 3. The molecule has 0 spiro atoms. The molecule has 0 heterocycles. The third kappa shape index (κ3) is 8.36. The molecule has 0 bridgehead atoms. The summed E-state index contributed by atoms with van der Waals surface area (Å²) in [6.45, 7) is 0.595. The van der Waals surface area contributed by atoms with Crippen LogP contribution < -0.4 is 21.3 Å². The minimum atomic E-state index is -4.52. The fraction of sp³-hybridized carbons (Fsp3) is 0.192. The van der Waals surface area contributed by atoms with Gasteiger partial charge in [0.2, 0.25) is 5.91 Å². The minimum absolute atomic E-state index is 0.00664. The maximum atomic E-state index is 12.9. The van der Waals surface area contributed by atoms with E-state index in [4.69, 9.17) is 4.74 Å². The number of nitrogens with one attached hydrogen (secondary N) is 4. The highest BCUT2D eigenvalue weighted by Crippen LogP contribution is 2.30. The van der Waals surface area contributed by atoms with Crippen molar-refractivity contribution in [3.8, 4) is 0 Å². The number of alkyl halides is 3. The molecule has 0 aliphatic rings. The van der Waals surface area contributed by atoms with Crippen molar-refractivity contribution >= 4 is 34.8 Å². The smallest absolute Gasteiger partial charge is 0.383 e. The van der Waals surface area contributed by atoms with Crippen LogP contribution in [0.4, 0.5) is 30.2 Å². The number of hydrogen-bond acceptors (Lipinski definition) is 5. The van der Waals surface area contributed by atoms with Crippen molar-refractivity contribution in [1.82, 2.24) is 5.32 Å². The van der Waals surface area contributed by atoms with E-state index in [0.29, 0.717) is 30.1 Å². The Morgan fingerprint density at radius 3 is 2.05 bits per heavy atom. The maximum Gasteiger partial charge on any atom is 0.416 e. The van der Waals surface area contributed by atoms with Gasteiger partial charge in [0.25, 0.3) is 11.8 Å². The first-order valence-electron chi connectivity index (χ1n) is 11.2. The fourth-order valence-electron chi connectivity index (χ4n) is 3.24. The predicted octanol–water partition coefficient (Wildman–Crippen LogP) is 4.38. The van der Waals surface area contributed by atoms with Gasteiger partial charge in [-0.3, -0.25) is 14.4 Å². The Bertz CT molecular complexity index is 1260. The van der Waals surface area contributed by atoms with Crippen LogP contribution in [0.5, 0.6) is 0 Å². The van der Waals surface area contributed by atoms with Gasteiger partial charge < -0.3 is 26.0 Å². The lowest BCUT2D eigenvalue weighted by atomic mass is 10.1. The summed E-state index contributed by atoms with van der Waals surface area (Å²) < 4.78 is 43.6. The summed E-state index contributed by atoms with van der Waals surface area (Å²) in [5.41, 5.74) is 0.589. The van der Waals surface area contributed by atoms with Crippen LogP contribution in [-0.4, -0.2) is 44.5 Å². The van der Waals surface area contributed by atoms with Crippen LogP contribution in [0.3, 0.4) is 0 Å². The van der Waals surface area contributed by atoms with Gasteiger partial charge in [0.1, 0.15) is 0 Å². The number of rotatable bonds is 10. The number of methoxy groups -OCH3 is 1. The van der Waals surface area contributed by atoms with Crippen molar-refractivity contribution in [3.63, 3.8) is 0 Å². The molecule has 0 unspecified atom stereocenters. The van der Waals surface area contributed by atoms with Crippen LogP contribution in [-0.2, 0) is 15.7 Å². The average molecular weight is 515 g/mol. The predicted molar refractivity (Wildman–Crippen MR) is 134 cm³/mol. The molecule has 0 fully saturated rings. The fourth-order valence-corrected chi connectivity index (χ4v) is 3.24. The molecular weight excluding hydrogens is 489 g/mol. The molecule has 3 aromatic carbocycles. The Hall–Kier alpha value is -4.38. The zero-order valence-electron chi connectivity index (χ0n) is 19.8. The molecule has 194 valence electrons. The summed E-state index contributed by atoms with van der Waals surface area (Å²) in [6, 6.07) is 17.0. The Kier molecular flexibility index (Phi) is 9.22. The van der Waals surface area contributed by atoms with Gasteiger partial charge in [0, 0.05) is 41.8 Å². The zero-order chi connectivity index (χ0) is 26.8. The van der Waals surface area contributed by atoms with Gasteiger partial charge in [-0.05, 0) is 54.6 Å². The molecule has 0 atom stereocenters. The number of amides is 3. The van der Waals surface area contributed by atoms with E-state index in [1.165, 1.54) is 31.4 Å². The van der Waals surface area contributed by atoms with Gasteiger partial charge in [-0.15, -0.1) is 0 Å². The van der Waals surface area contributed by atoms with Gasteiger partial charge in [-0.1, -0.05) is 18.2 Å². The van der Waals surface area contributed by atoms with Crippen molar-refractivity contribution in [1.29, 1.82) is 0 Å². The molecule has 4 N–H and O–H groups in total. The highest BCUT2D eigenvalue weighted by molar-refractivity contribution is 6.05. The first-order valence-corrected chi connectivity index (χ1v) is 11.2. The lowest BCUT2D eigenvalue weighted by molar-refractivity contribution is -0.137. The Morgan fingerprint density at radius 1 is 0.784 bits per heavy atom. The molecule has 0 aliphatic carbocycles. The molecule has 0 radical (unpaired) electrons. The quantitative estimate of drug-likeness (QED) is 0.300. The number of carbonyl (C=O) groups excluding carboxylic acids is 3. The monoisotopic (exact) mass is 514 g/mol. The maximum absolute atomic E-state index is 12.9. The summed E-state index contributed by atoms with van der Waals surface area (Å²) in [6.07, 6.45) is -4.52. The number of ether oxygens (including phenoxy) is 1. The van der Waals surface area contributed by atoms with Gasteiger partial charge in [0.05, 0.1) is 18.7 Å². The molecule has 11 heteroatoms. The largest absolute Gasteiger partial charge is 0.416 e. The third-order valence-corrected chi connectivity index (χ3v) is 5.03. The molecule has 3 aromatic rings. The highest BCUT2D eigenvalue weighted by atomic mass is 19.4. The van der Waals surface area contributed by atoms with Crippen molar-refractivity contribution in [2.24, 2.45) is 0 Å². The van der Waals surface area contributed by atoms with Crippen LogP contribution in [0.1, 0.15) is 26.3 Å². The topological polar surface area (TPSA) is 109 Å². The second-order valence-corrected chi connectivity index (χ2v) is 7.84. The Balaban J connectivity index is 1.56. The van der Waals surface area contributed by atoms with E-state index in [1.54, 1.807) is 36.4 Å². The molecule has 37 heavy (non-hydrogen) atoms. The number of halogens is 3. The van der Waals surface area contributed by atoms with Gasteiger partial charge in [0.15, 0.2) is 0 Å². The highest BCUT2D eigenvalue weighted by Gasteiger charge is 2.30. The van der Waals surface area contributed by atoms with Crippen molar-refractivity contribution in [3.05, 3.63) is 89.5 Å². The SMILES string of the molecule is COCCNC(=O)c1cccc(NC(=O)CNc2cccc(C(=O)Nc3cccc(C(F)(F)F)c3)c2)c1. The van der Waals surface area contributed by atoms with E-state index in [0.717, 1.165) is 12.1 Å². The summed E-state index contributed by atoms with van der Waals surface area (Å²) in [5, 5.41) is 10.7. The van der Waals surface area contributed by atoms with Crippen LogP contribution in [0, 0.1) is 0 Å². The van der Waals surface area contributed by atoms with Gasteiger partial charge in [-0.2, -0.15) is 13.2 Å². The van der Waals surface area contributed by atoms with Gasteiger partial charge >= 0.3 is 6.18 Å². The standard InChI is InChI=1S/C26H25F3N4O4/c1-37-12-11-30-24(35)17-5-3-9-21(14-17)32-23(34)16-31-20-8-2-6-18(13-20)25(36)33-22-10-4-7-19(15-22)26(27,28)29/h2-10,13-15,31H,11-12,16H2,1H3,(H,30,35)(H,32,34)(H,33,36). The number of hydrogen-bond donors (Lipinski definition) is 4. The average Bonchev–Trinajstić information content (AvgIpc) is 2.87. The number of benzene rings is 3. The third-order valence-electron chi connectivity index (χ3n) is 5.03. The van der Waals surface area contributed by atoms with Crippen LogP contribution in [0.25, 0.3) is 0 Å². The number of anilines is 3. The second kappa shape index (κ2) is 12.5. The molecule has 3 rings (SSSR count). The van der Waals surface area contributed by atoms with Crippen molar-refractivity contribution in [2.75, 3.05) is 42.8 Å². The van der Waals surface area contributed by atoms with Crippen LogP contribution in [0.2, 0.25) is 0 Å². The molecule has 8 nitrogen and oxygen atoms in total.